The molecular formula is C16H25N5O3S. The zero-order valence-corrected chi connectivity index (χ0v) is 15.3. The molecule has 1 aromatic rings. The highest BCUT2D eigenvalue weighted by atomic mass is 32.1. The van der Waals surface area contributed by atoms with E-state index in [1.54, 1.807) is 6.20 Å². The molecule has 1 unspecified atom stereocenters. The third kappa shape index (κ3) is 4.97. The first kappa shape index (κ1) is 18.2. The van der Waals surface area contributed by atoms with Crippen LogP contribution in [0.2, 0.25) is 0 Å². The Kier molecular flexibility index (Phi) is 6.35. The van der Waals surface area contributed by atoms with Crippen molar-refractivity contribution < 1.29 is 14.3 Å². The molecule has 0 bridgehead atoms. The Hall–Kier alpha value is -1.55. The molecule has 2 aliphatic heterocycles. The summed E-state index contributed by atoms with van der Waals surface area (Å²) in [5, 5.41) is 5.29. The van der Waals surface area contributed by atoms with Crippen LogP contribution in [0.1, 0.15) is 6.92 Å². The minimum absolute atomic E-state index is 0.0527. The van der Waals surface area contributed by atoms with Gasteiger partial charge in [0.2, 0.25) is 11.8 Å². The SMILES string of the molecule is CC(C(=O)Nc1nccs1)N1CCN(C(=O)CN2CCOCC2)CC1. The van der Waals surface area contributed by atoms with Crippen molar-refractivity contribution >= 4 is 28.3 Å². The third-order valence-electron chi connectivity index (χ3n) is 4.72. The van der Waals surface area contributed by atoms with E-state index in [9.17, 15) is 9.59 Å². The maximum atomic E-state index is 12.4. The molecular weight excluding hydrogens is 342 g/mol. The van der Waals surface area contributed by atoms with Crippen LogP contribution in [-0.2, 0) is 14.3 Å². The van der Waals surface area contributed by atoms with Crippen molar-refractivity contribution in [2.24, 2.45) is 0 Å². The maximum absolute atomic E-state index is 12.4. The maximum Gasteiger partial charge on any atom is 0.243 e. The molecule has 2 aliphatic rings. The van der Waals surface area contributed by atoms with Crippen LogP contribution in [0, 0.1) is 0 Å². The monoisotopic (exact) mass is 367 g/mol. The number of morpholine rings is 1. The molecule has 25 heavy (non-hydrogen) atoms. The number of piperazine rings is 1. The van der Waals surface area contributed by atoms with Gasteiger partial charge in [0.25, 0.3) is 0 Å². The fraction of sp³-hybridized carbons (Fsp3) is 0.688. The molecule has 1 atom stereocenters. The topological polar surface area (TPSA) is 78.0 Å². The Balaban J connectivity index is 1.42. The second kappa shape index (κ2) is 8.70. The lowest BCUT2D eigenvalue weighted by Gasteiger charge is -2.38. The van der Waals surface area contributed by atoms with Crippen LogP contribution in [0.25, 0.3) is 0 Å². The lowest BCUT2D eigenvalue weighted by molar-refractivity contribution is -0.135. The number of thiazole rings is 1. The Morgan fingerprint density at radius 2 is 1.96 bits per heavy atom. The van der Waals surface area contributed by atoms with E-state index < -0.39 is 0 Å². The van der Waals surface area contributed by atoms with Crippen molar-refractivity contribution in [2.75, 3.05) is 64.3 Å². The van der Waals surface area contributed by atoms with Crippen LogP contribution in [0.4, 0.5) is 5.13 Å². The summed E-state index contributed by atoms with van der Waals surface area (Å²) < 4.78 is 5.31. The highest BCUT2D eigenvalue weighted by Crippen LogP contribution is 2.13. The van der Waals surface area contributed by atoms with E-state index >= 15 is 0 Å². The van der Waals surface area contributed by atoms with Crippen molar-refractivity contribution in [1.82, 2.24) is 19.7 Å². The zero-order valence-electron chi connectivity index (χ0n) is 14.5. The highest BCUT2D eigenvalue weighted by molar-refractivity contribution is 7.13. The standard InChI is InChI=1S/C16H25N5O3S/c1-13(15(23)18-16-17-2-11-25-16)20-3-5-21(6-4-20)14(22)12-19-7-9-24-10-8-19/h2,11,13H,3-10,12H2,1H3,(H,17,18,23). The number of carbonyl (C=O) groups is 2. The molecule has 1 aromatic heterocycles. The molecule has 0 spiro atoms. The van der Waals surface area contributed by atoms with E-state index in [4.69, 9.17) is 4.74 Å². The number of hydrogen-bond acceptors (Lipinski definition) is 7. The number of rotatable bonds is 5. The van der Waals surface area contributed by atoms with Crippen LogP contribution in [0.5, 0.6) is 0 Å². The second-order valence-corrected chi connectivity index (χ2v) is 7.20. The molecule has 8 nitrogen and oxygen atoms in total. The fourth-order valence-electron chi connectivity index (χ4n) is 3.07. The number of hydrogen-bond donors (Lipinski definition) is 1. The number of nitrogens with zero attached hydrogens (tertiary/aromatic N) is 4. The van der Waals surface area contributed by atoms with Gasteiger partial charge in [-0.05, 0) is 6.92 Å². The van der Waals surface area contributed by atoms with Crippen molar-refractivity contribution in [3.05, 3.63) is 11.6 Å². The van der Waals surface area contributed by atoms with Gasteiger partial charge in [0.05, 0.1) is 25.8 Å². The van der Waals surface area contributed by atoms with Gasteiger partial charge in [0, 0.05) is 50.8 Å². The summed E-state index contributed by atoms with van der Waals surface area (Å²) in [5.74, 6) is 0.115. The number of ether oxygens (including phenoxy) is 1. The Morgan fingerprint density at radius 1 is 1.24 bits per heavy atom. The minimum Gasteiger partial charge on any atom is -0.379 e. The number of amides is 2. The Morgan fingerprint density at radius 3 is 2.60 bits per heavy atom. The first-order valence-corrected chi connectivity index (χ1v) is 9.54. The summed E-state index contributed by atoms with van der Waals surface area (Å²) in [7, 11) is 0. The van der Waals surface area contributed by atoms with Gasteiger partial charge in [0.15, 0.2) is 5.13 Å². The number of aromatic nitrogens is 1. The molecule has 0 aliphatic carbocycles. The molecule has 1 N–H and O–H groups in total. The van der Waals surface area contributed by atoms with Gasteiger partial charge in [0.1, 0.15) is 0 Å². The highest BCUT2D eigenvalue weighted by Gasteiger charge is 2.28. The molecule has 3 rings (SSSR count). The molecule has 9 heteroatoms. The van der Waals surface area contributed by atoms with Crippen molar-refractivity contribution in [2.45, 2.75) is 13.0 Å². The van der Waals surface area contributed by atoms with Crippen molar-refractivity contribution in [3.63, 3.8) is 0 Å². The summed E-state index contributed by atoms with van der Waals surface area (Å²) in [6.07, 6.45) is 1.67. The van der Waals surface area contributed by atoms with Gasteiger partial charge in [-0.25, -0.2) is 4.98 Å². The van der Waals surface area contributed by atoms with Crippen LogP contribution in [0.3, 0.4) is 0 Å². The second-order valence-electron chi connectivity index (χ2n) is 6.31. The summed E-state index contributed by atoms with van der Waals surface area (Å²) in [5.41, 5.74) is 0. The van der Waals surface area contributed by atoms with Crippen molar-refractivity contribution in [3.8, 4) is 0 Å². The number of carbonyl (C=O) groups excluding carboxylic acids is 2. The van der Waals surface area contributed by atoms with Crippen LogP contribution < -0.4 is 5.32 Å². The molecule has 138 valence electrons. The molecule has 2 saturated heterocycles. The predicted molar refractivity (Wildman–Crippen MR) is 95.6 cm³/mol. The molecule has 0 aromatic carbocycles. The van der Waals surface area contributed by atoms with Crippen LogP contribution in [0.15, 0.2) is 11.6 Å². The van der Waals surface area contributed by atoms with E-state index in [0.29, 0.717) is 51.1 Å². The normalized spacial score (nSPS) is 21.1. The number of nitrogens with one attached hydrogen (secondary N) is 1. The van der Waals surface area contributed by atoms with Crippen LogP contribution in [-0.4, -0.2) is 96.6 Å². The fourth-order valence-corrected chi connectivity index (χ4v) is 3.60. The van der Waals surface area contributed by atoms with Gasteiger partial charge in [-0.2, -0.15) is 0 Å². The van der Waals surface area contributed by atoms with Gasteiger partial charge >= 0.3 is 0 Å². The van der Waals surface area contributed by atoms with Gasteiger partial charge in [-0.15, -0.1) is 11.3 Å². The molecule has 0 saturated carbocycles. The smallest absolute Gasteiger partial charge is 0.243 e. The third-order valence-corrected chi connectivity index (χ3v) is 5.41. The van der Waals surface area contributed by atoms with E-state index in [-0.39, 0.29) is 17.9 Å². The Labute approximate surface area is 151 Å². The van der Waals surface area contributed by atoms with Crippen LogP contribution >= 0.6 is 11.3 Å². The van der Waals surface area contributed by atoms with E-state index in [2.05, 4.69) is 20.1 Å². The van der Waals surface area contributed by atoms with Gasteiger partial charge in [-0.3, -0.25) is 19.4 Å². The Bertz CT molecular complexity index is 568. The van der Waals surface area contributed by atoms with Gasteiger partial charge < -0.3 is 15.0 Å². The predicted octanol–water partition coefficient (Wildman–Crippen LogP) is -0.0535. The van der Waals surface area contributed by atoms with E-state index in [1.165, 1.54) is 11.3 Å². The summed E-state index contributed by atoms with van der Waals surface area (Å²) >= 11 is 1.41. The molecule has 2 amide bonds. The number of anilines is 1. The summed E-state index contributed by atoms with van der Waals surface area (Å²) in [4.78, 5) is 35.0. The lowest BCUT2D eigenvalue weighted by Crippen LogP contribution is -2.55. The van der Waals surface area contributed by atoms with E-state index in [0.717, 1.165) is 13.1 Å². The first-order valence-electron chi connectivity index (χ1n) is 8.66. The first-order chi connectivity index (χ1) is 12.1. The summed E-state index contributed by atoms with van der Waals surface area (Å²) in [6, 6.07) is -0.236. The molecule has 0 radical (unpaired) electrons. The average Bonchev–Trinajstić information content (AvgIpc) is 3.15. The molecule has 2 fully saturated rings. The van der Waals surface area contributed by atoms with Gasteiger partial charge in [-0.1, -0.05) is 0 Å². The van der Waals surface area contributed by atoms with E-state index in [1.807, 2.05) is 17.2 Å². The lowest BCUT2D eigenvalue weighted by atomic mass is 10.2. The quantitative estimate of drug-likeness (QED) is 0.786. The average molecular weight is 367 g/mol. The minimum atomic E-state index is -0.236. The van der Waals surface area contributed by atoms with Crippen molar-refractivity contribution in [1.29, 1.82) is 0 Å². The zero-order chi connectivity index (χ0) is 17.6. The largest absolute Gasteiger partial charge is 0.379 e. The molecule has 3 heterocycles. The summed E-state index contributed by atoms with van der Waals surface area (Å²) in [6.45, 7) is 8.15.